The second-order valence-electron chi connectivity index (χ2n) is 2.95. The number of carbonyl (C=O) groups excluding carboxylic acids is 1. The Balaban J connectivity index is 2.84. The van der Waals surface area contributed by atoms with Crippen LogP contribution in [-0.2, 0) is 27.3 Å². The zero-order valence-corrected chi connectivity index (χ0v) is 10.3. The molecular formula is C9H11NO4S2. The van der Waals surface area contributed by atoms with Crippen molar-refractivity contribution in [1.82, 2.24) is 4.57 Å². The van der Waals surface area contributed by atoms with Crippen LogP contribution in [0.1, 0.15) is 12.6 Å². The summed E-state index contributed by atoms with van der Waals surface area (Å²) in [5.41, 5.74) is 0.579. The molecule has 1 heterocycles. The molecule has 16 heavy (non-hydrogen) atoms. The minimum Gasteiger partial charge on any atom is -0.480 e. The maximum Gasteiger partial charge on any atom is 0.323 e. The molecule has 88 valence electrons. The van der Waals surface area contributed by atoms with Crippen molar-refractivity contribution in [1.29, 1.82) is 0 Å². The van der Waals surface area contributed by atoms with Gasteiger partial charge in [0.2, 0.25) is 0 Å². The molecule has 0 unspecified atom stereocenters. The third-order valence-corrected chi connectivity index (χ3v) is 3.11. The molecule has 1 aromatic rings. The fourth-order valence-corrected chi connectivity index (χ4v) is 2.24. The fraction of sp³-hybridized carbons (Fsp3) is 0.444. The van der Waals surface area contributed by atoms with E-state index >= 15 is 0 Å². The highest BCUT2D eigenvalue weighted by Crippen LogP contribution is 2.12. The van der Waals surface area contributed by atoms with E-state index in [1.165, 1.54) is 15.9 Å². The van der Waals surface area contributed by atoms with Gasteiger partial charge in [0.05, 0.1) is 13.0 Å². The maximum atomic E-state index is 11.2. The van der Waals surface area contributed by atoms with Crippen molar-refractivity contribution in [2.45, 2.75) is 19.9 Å². The van der Waals surface area contributed by atoms with E-state index < -0.39 is 5.97 Å². The van der Waals surface area contributed by atoms with Crippen molar-refractivity contribution in [2.24, 2.45) is 0 Å². The van der Waals surface area contributed by atoms with Gasteiger partial charge in [0.15, 0.2) is 3.95 Å². The van der Waals surface area contributed by atoms with E-state index in [2.05, 4.69) is 0 Å². The summed E-state index contributed by atoms with van der Waals surface area (Å²) in [4.78, 5) is 21.9. The predicted molar refractivity (Wildman–Crippen MR) is 61.1 cm³/mol. The number of carbonyl (C=O) groups is 2. The van der Waals surface area contributed by atoms with Gasteiger partial charge in [0, 0.05) is 11.1 Å². The molecule has 0 radical (unpaired) electrons. The molecule has 0 fully saturated rings. The van der Waals surface area contributed by atoms with Gasteiger partial charge in [0.25, 0.3) is 0 Å². The number of nitrogens with zero attached hydrogens (tertiary/aromatic N) is 1. The van der Waals surface area contributed by atoms with E-state index in [-0.39, 0.29) is 18.9 Å². The Hall–Kier alpha value is -1.21. The number of esters is 1. The minimum absolute atomic E-state index is 0.0499. The first-order valence-corrected chi connectivity index (χ1v) is 5.88. The topological polar surface area (TPSA) is 68.5 Å². The highest BCUT2D eigenvalue weighted by Gasteiger charge is 2.12. The van der Waals surface area contributed by atoms with Crippen LogP contribution in [0.3, 0.4) is 0 Å². The van der Waals surface area contributed by atoms with Crippen LogP contribution in [0.5, 0.6) is 0 Å². The molecule has 0 saturated carbocycles. The van der Waals surface area contributed by atoms with E-state index in [1.807, 2.05) is 0 Å². The zero-order chi connectivity index (χ0) is 12.1. The van der Waals surface area contributed by atoms with Gasteiger partial charge in [-0.05, 0) is 19.1 Å². The molecule has 0 aliphatic rings. The highest BCUT2D eigenvalue weighted by atomic mass is 32.1. The summed E-state index contributed by atoms with van der Waals surface area (Å²) in [5, 5.41) is 10.4. The molecule has 0 aliphatic heterocycles. The highest BCUT2D eigenvalue weighted by molar-refractivity contribution is 7.73. The summed E-state index contributed by atoms with van der Waals surface area (Å²) in [6.45, 7) is 1.80. The number of ether oxygens (including phenoxy) is 1. The Bertz CT molecular complexity index is 449. The molecule has 7 heteroatoms. The number of carboxylic acid groups (broad SMARTS) is 1. The lowest BCUT2D eigenvalue weighted by molar-refractivity contribution is -0.143. The van der Waals surface area contributed by atoms with Crippen LogP contribution in [0.2, 0.25) is 0 Å². The molecule has 1 N–H and O–H groups in total. The molecule has 0 spiro atoms. The predicted octanol–water partition coefficient (Wildman–Crippen LogP) is 1.47. The van der Waals surface area contributed by atoms with Crippen molar-refractivity contribution in [3.05, 3.63) is 15.0 Å². The molecule has 0 aromatic carbocycles. The Morgan fingerprint density at radius 1 is 1.62 bits per heavy atom. The van der Waals surface area contributed by atoms with Crippen LogP contribution >= 0.6 is 23.6 Å². The molecule has 0 bridgehead atoms. The molecule has 0 saturated heterocycles. The first kappa shape index (κ1) is 12.9. The number of hydrogen-bond donors (Lipinski definition) is 1. The van der Waals surface area contributed by atoms with Gasteiger partial charge >= 0.3 is 11.9 Å². The van der Waals surface area contributed by atoms with Crippen LogP contribution in [0, 0.1) is 3.95 Å². The summed E-state index contributed by atoms with van der Waals surface area (Å²) >= 11 is 6.21. The monoisotopic (exact) mass is 261 g/mol. The second-order valence-corrected chi connectivity index (χ2v) is 4.46. The largest absolute Gasteiger partial charge is 0.480 e. The van der Waals surface area contributed by atoms with Crippen LogP contribution in [-0.4, -0.2) is 28.2 Å². The van der Waals surface area contributed by atoms with E-state index in [9.17, 15) is 9.59 Å². The Kier molecular flexibility index (Phi) is 4.63. The van der Waals surface area contributed by atoms with Crippen molar-refractivity contribution in [3.63, 3.8) is 0 Å². The second kappa shape index (κ2) is 5.76. The van der Waals surface area contributed by atoms with Crippen LogP contribution in [0.25, 0.3) is 0 Å². The van der Waals surface area contributed by atoms with E-state index in [0.717, 1.165) is 0 Å². The lowest BCUT2D eigenvalue weighted by Crippen LogP contribution is -2.15. The molecule has 0 aliphatic carbocycles. The Morgan fingerprint density at radius 2 is 2.31 bits per heavy atom. The standard InChI is InChI=1S/C9H11NO4S2/c1-2-14-8(13)3-6-5-16-9(15)10(6)4-7(11)12/h5H,2-4H2,1H3,(H,11,12). The SMILES string of the molecule is CCOC(=O)Cc1csc(=S)n1CC(=O)O. The molecule has 0 atom stereocenters. The third kappa shape index (κ3) is 3.42. The maximum absolute atomic E-state index is 11.2. The van der Waals surface area contributed by atoms with Crippen molar-refractivity contribution in [3.8, 4) is 0 Å². The number of thiazole rings is 1. The lowest BCUT2D eigenvalue weighted by atomic mass is 10.3. The van der Waals surface area contributed by atoms with Gasteiger partial charge in [-0.15, -0.1) is 11.3 Å². The van der Waals surface area contributed by atoms with Crippen LogP contribution in [0.15, 0.2) is 5.38 Å². The lowest BCUT2D eigenvalue weighted by Gasteiger charge is -2.05. The van der Waals surface area contributed by atoms with Gasteiger partial charge in [0.1, 0.15) is 6.54 Å². The van der Waals surface area contributed by atoms with E-state index in [0.29, 0.717) is 16.3 Å². The summed E-state index contributed by atoms with van der Waals surface area (Å²) in [5.74, 6) is -1.37. The molecule has 1 rings (SSSR count). The normalized spacial score (nSPS) is 10.1. The number of aliphatic carboxylic acids is 1. The molecule has 1 aromatic heterocycles. The zero-order valence-electron chi connectivity index (χ0n) is 8.63. The molecular weight excluding hydrogens is 250 g/mol. The smallest absolute Gasteiger partial charge is 0.323 e. The molecule has 5 nitrogen and oxygen atoms in total. The minimum atomic E-state index is -0.986. The summed E-state index contributed by atoms with van der Waals surface area (Å²) < 4.78 is 6.66. The Morgan fingerprint density at radius 3 is 2.88 bits per heavy atom. The van der Waals surface area contributed by atoms with Gasteiger partial charge in [-0.1, -0.05) is 0 Å². The number of carboxylic acids is 1. The average Bonchev–Trinajstić information content (AvgIpc) is 2.49. The van der Waals surface area contributed by atoms with E-state index in [1.54, 1.807) is 12.3 Å². The summed E-state index contributed by atoms with van der Waals surface area (Å²) in [7, 11) is 0. The van der Waals surface area contributed by atoms with E-state index in [4.69, 9.17) is 22.1 Å². The average molecular weight is 261 g/mol. The quantitative estimate of drug-likeness (QED) is 0.642. The van der Waals surface area contributed by atoms with Gasteiger partial charge < -0.3 is 14.4 Å². The fourth-order valence-electron chi connectivity index (χ4n) is 1.16. The first-order valence-electron chi connectivity index (χ1n) is 4.59. The number of hydrogen-bond acceptors (Lipinski definition) is 5. The van der Waals surface area contributed by atoms with Crippen molar-refractivity contribution < 1.29 is 19.4 Å². The number of rotatable bonds is 5. The summed E-state index contributed by atoms with van der Waals surface area (Å²) in [6, 6.07) is 0. The summed E-state index contributed by atoms with van der Waals surface area (Å²) in [6.07, 6.45) is 0.0499. The van der Waals surface area contributed by atoms with Crippen molar-refractivity contribution >= 4 is 35.5 Å². The van der Waals surface area contributed by atoms with Crippen LogP contribution in [0.4, 0.5) is 0 Å². The first-order chi connectivity index (χ1) is 7.54. The van der Waals surface area contributed by atoms with Gasteiger partial charge in [-0.2, -0.15) is 0 Å². The number of aromatic nitrogens is 1. The van der Waals surface area contributed by atoms with Gasteiger partial charge in [-0.25, -0.2) is 0 Å². The Labute approximate surface area is 101 Å². The molecule has 0 amide bonds. The van der Waals surface area contributed by atoms with Crippen molar-refractivity contribution in [2.75, 3.05) is 6.61 Å². The van der Waals surface area contributed by atoms with Crippen LogP contribution < -0.4 is 0 Å². The van der Waals surface area contributed by atoms with Gasteiger partial charge in [-0.3, -0.25) is 9.59 Å². The third-order valence-electron chi connectivity index (χ3n) is 1.79.